The first kappa shape index (κ1) is 19.4. The fourth-order valence-electron chi connectivity index (χ4n) is 4.58. The maximum Gasteiger partial charge on any atom is 0.260 e. The molecule has 2 aliphatic rings. The smallest absolute Gasteiger partial charge is 0.260 e. The molecule has 1 atom stereocenters. The third-order valence-corrected chi connectivity index (χ3v) is 6.11. The van der Waals surface area contributed by atoms with Crippen molar-refractivity contribution < 1.29 is 9.59 Å². The van der Waals surface area contributed by atoms with E-state index in [-0.39, 0.29) is 28.4 Å². The summed E-state index contributed by atoms with van der Waals surface area (Å²) in [5, 5.41) is 0. The maximum atomic E-state index is 12.9. The van der Waals surface area contributed by atoms with Crippen molar-refractivity contribution >= 4 is 11.8 Å². The van der Waals surface area contributed by atoms with Gasteiger partial charge in [0, 0.05) is 62.5 Å². The number of hydrogen-bond acceptors (Lipinski definition) is 4. The number of nitrogens with zero attached hydrogens (tertiary/aromatic N) is 3. The van der Waals surface area contributed by atoms with E-state index in [1.54, 1.807) is 23.2 Å². The zero-order chi connectivity index (χ0) is 20.3. The van der Waals surface area contributed by atoms with Crippen molar-refractivity contribution in [3.8, 4) is 0 Å². The molecule has 7 nitrogen and oxygen atoms in total. The molecule has 0 aromatic carbocycles. The van der Waals surface area contributed by atoms with Crippen molar-refractivity contribution in [1.82, 2.24) is 19.8 Å². The summed E-state index contributed by atoms with van der Waals surface area (Å²) < 4.78 is 0. The van der Waals surface area contributed by atoms with Gasteiger partial charge in [-0.15, -0.1) is 0 Å². The lowest BCUT2D eigenvalue weighted by Gasteiger charge is -2.48. The van der Waals surface area contributed by atoms with Crippen LogP contribution in [0.4, 0.5) is 0 Å². The third-order valence-electron chi connectivity index (χ3n) is 6.11. The van der Waals surface area contributed by atoms with E-state index in [1.807, 2.05) is 23.1 Å². The highest BCUT2D eigenvalue weighted by Crippen LogP contribution is 2.39. The number of rotatable bonds is 4. The Hall–Kier alpha value is -2.96. The lowest BCUT2D eigenvalue weighted by Crippen LogP contribution is -2.55. The summed E-state index contributed by atoms with van der Waals surface area (Å²) in [5.74, 6) is -0.0441. The van der Waals surface area contributed by atoms with Gasteiger partial charge in [0.05, 0.1) is 0 Å². The Morgan fingerprint density at radius 2 is 2.03 bits per heavy atom. The molecule has 2 amide bonds. The normalized spacial score (nSPS) is 22.1. The third kappa shape index (κ3) is 4.23. The highest BCUT2D eigenvalue weighted by molar-refractivity contribution is 5.94. The molecule has 1 N–H and O–H groups in total. The van der Waals surface area contributed by atoms with Crippen molar-refractivity contribution in [2.75, 3.05) is 26.2 Å². The largest absolute Gasteiger partial charge is 0.342 e. The molecule has 2 saturated heterocycles. The Bertz CT molecular complexity index is 942. The second kappa shape index (κ2) is 8.19. The van der Waals surface area contributed by atoms with Crippen LogP contribution in [0.3, 0.4) is 0 Å². The van der Waals surface area contributed by atoms with Crippen molar-refractivity contribution in [1.29, 1.82) is 0 Å². The maximum absolute atomic E-state index is 12.9. The zero-order valence-corrected chi connectivity index (χ0v) is 16.5. The van der Waals surface area contributed by atoms with Gasteiger partial charge in [-0.25, -0.2) is 0 Å². The van der Waals surface area contributed by atoms with Crippen LogP contribution in [0.5, 0.6) is 0 Å². The second-order valence-corrected chi connectivity index (χ2v) is 8.13. The summed E-state index contributed by atoms with van der Waals surface area (Å²) in [4.78, 5) is 48.1. The Morgan fingerprint density at radius 1 is 1.14 bits per heavy atom. The standard InChI is InChI=1S/C22H26N4O3/c27-19-7-10-22(15-25(19)14-8-17-5-1-2-11-23-17)9-4-13-26(16-22)21(29)18-6-3-12-24-20(18)28/h1-3,5-6,11-12H,4,7-10,13-16H2,(H,24,28). The van der Waals surface area contributed by atoms with Crippen LogP contribution in [0.1, 0.15) is 41.7 Å². The van der Waals surface area contributed by atoms with Crippen molar-refractivity contribution in [2.45, 2.75) is 32.1 Å². The predicted octanol–water partition coefficient (Wildman–Crippen LogP) is 1.86. The van der Waals surface area contributed by atoms with E-state index in [1.165, 1.54) is 6.20 Å². The molecule has 0 aliphatic carbocycles. The number of piperidine rings is 2. The fraction of sp³-hybridized carbons (Fsp3) is 0.455. The van der Waals surface area contributed by atoms with Crippen molar-refractivity contribution in [2.24, 2.45) is 5.41 Å². The van der Waals surface area contributed by atoms with Gasteiger partial charge in [0.25, 0.3) is 11.5 Å². The van der Waals surface area contributed by atoms with Gasteiger partial charge in [-0.3, -0.25) is 19.4 Å². The lowest BCUT2D eigenvalue weighted by molar-refractivity contribution is -0.138. The second-order valence-electron chi connectivity index (χ2n) is 8.13. The van der Waals surface area contributed by atoms with Crippen LogP contribution in [-0.4, -0.2) is 57.8 Å². The fourth-order valence-corrected chi connectivity index (χ4v) is 4.58. The molecule has 29 heavy (non-hydrogen) atoms. The van der Waals surface area contributed by atoms with Crippen LogP contribution in [0.2, 0.25) is 0 Å². The molecular formula is C22H26N4O3. The van der Waals surface area contributed by atoms with Crippen LogP contribution in [0, 0.1) is 5.41 Å². The van der Waals surface area contributed by atoms with E-state index in [4.69, 9.17) is 0 Å². The Kier molecular flexibility index (Phi) is 5.47. The summed E-state index contributed by atoms with van der Waals surface area (Å²) in [6.07, 6.45) is 7.21. The van der Waals surface area contributed by atoms with Gasteiger partial charge in [0.2, 0.25) is 5.91 Å². The number of nitrogens with one attached hydrogen (secondary N) is 1. The summed E-state index contributed by atoms with van der Waals surface area (Å²) in [7, 11) is 0. The van der Waals surface area contributed by atoms with Crippen molar-refractivity contribution in [3.05, 3.63) is 64.3 Å². The average molecular weight is 394 g/mol. The molecule has 2 fully saturated rings. The Morgan fingerprint density at radius 3 is 2.83 bits per heavy atom. The number of carbonyl (C=O) groups is 2. The number of hydrogen-bond donors (Lipinski definition) is 1. The summed E-state index contributed by atoms with van der Waals surface area (Å²) in [6, 6.07) is 9.06. The number of H-pyrrole nitrogens is 1. The van der Waals surface area contributed by atoms with Crippen LogP contribution in [0.15, 0.2) is 47.5 Å². The molecule has 1 unspecified atom stereocenters. The van der Waals surface area contributed by atoms with Crippen LogP contribution >= 0.6 is 0 Å². The average Bonchev–Trinajstić information content (AvgIpc) is 2.75. The van der Waals surface area contributed by atoms with Gasteiger partial charge >= 0.3 is 0 Å². The minimum atomic E-state index is -0.354. The SMILES string of the molecule is O=C1CCC2(CCCN(C(=O)c3ccc[nH]c3=O)C2)CN1CCc1ccccn1. The van der Waals surface area contributed by atoms with Crippen LogP contribution < -0.4 is 5.56 Å². The first-order chi connectivity index (χ1) is 14.1. The van der Waals surface area contributed by atoms with E-state index < -0.39 is 0 Å². The zero-order valence-electron chi connectivity index (χ0n) is 16.5. The molecule has 4 heterocycles. The van der Waals surface area contributed by atoms with Crippen LogP contribution in [0.25, 0.3) is 0 Å². The molecule has 2 aromatic rings. The molecular weight excluding hydrogens is 368 g/mol. The van der Waals surface area contributed by atoms with E-state index in [0.29, 0.717) is 32.6 Å². The van der Waals surface area contributed by atoms with E-state index in [0.717, 1.165) is 31.4 Å². The first-order valence-electron chi connectivity index (χ1n) is 10.2. The summed E-state index contributed by atoms with van der Waals surface area (Å²) in [5.41, 5.74) is 0.716. The number of carbonyl (C=O) groups excluding carboxylic acids is 2. The monoisotopic (exact) mass is 394 g/mol. The molecule has 0 saturated carbocycles. The van der Waals surface area contributed by atoms with Gasteiger partial charge in [-0.05, 0) is 43.5 Å². The number of aromatic nitrogens is 2. The molecule has 4 rings (SSSR count). The summed E-state index contributed by atoms with van der Waals surface area (Å²) in [6.45, 7) is 2.54. The van der Waals surface area contributed by atoms with Crippen LogP contribution in [-0.2, 0) is 11.2 Å². The minimum Gasteiger partial charge on any atom is -0.342 e. The summed E-state index contributed by atoms with van der Waals surface area (Å²) >= 11 is 0. The molecule has 7 heteroatoms. The molecule has 0 bridgehead atoms. The minimum absolute atomic E-state index is 0.0898. The number of aromatic amines is 1. The number of pyridine rings is 2. The molecule has 1 spiro atoms. The first-order valence-corrected chi connectivity index (χ1v) is 10.2. The van der Waals surface area contributed by atoms with Gasteiger partial charge < -0.3 is 14.8 Å². The molecule has 0 radical (unpaired) electrons. The molecule has 2 aromatic heterocycles. The number of likely N-dealkylation sites (tertiary alicyclic amines) is 2. The van der Waals surface area contributed by atoms with Gasteiger partial charge in [-0.1, -0.05) is 6.07 Å². The molecule has 2 aliphatic heterocycles. The Balaban J connectivity index is 1.45. The van der Waals surface area contributed by atoms with Gasteiger partial charge in [-0.2, -0.15) is 0 Å². The predicted molar refractivity (Wildman–Crippen MR) is 108 cm³/mol. The molecule has 152 valence electrons. The quantitative estimate of drug-likeness (QED) is 0.858. The van der Waals surface area contributed by atoms with E-state index in [9.17, 15) is 14.4 Å². The highest BCUT2D eigenvalue weighted by Gasteiger charge is 2.42. The van der Waals surface area contributed by atoms with Gasteiger partial charge in [0.15, 0.2) is 0 Å². The van der Waals surface area contributed by atoms with E-state index >= 15 is 0 Å². The van der Waals surface area contributed by atoms with E-state index in [2.05, 4.69) is 9.97 Å². The number of amides is 2. The van der Waals surface area contributed by atoms with Gasteiger partial charge in [0.1, 0.15) is 5.56 Å². The topological polar surface area (TPSA) is 86.4 Å². The Labute approximate surface area is 169 Å². The highest BCUT2D eigenvalue weighted by atomic mass is 16.2. The lowest BCUT2D eigenvalue weighted by atomic mass is 9.73. The van der Waals surface area contributed by atoms with Crippen molar-refractivity contribution in [3.63, 3.8) is 0 Å².